The van der Waals surface area contributed by atoms with E-state index in [4.69, 9.17) is 14.2 Å². The van der Waals surface area contributed by atoms with E-state index in [0.29, 0.717) is 11.3 Å². The first-order valence-corrected chi connectivity index (χ1v) is 13.3. The van der Waals surface area contributed by atoms with E-state index in [0.717, 1.165) is 37.3 Å². The first-order valence-electron chi connectivity index (χ1n) is 11.7. The van der Waals surface area contributed by atoms with Gasteiger partial charge in [-0.25, -0.2) is 13.1 Å². The third kappa shape index (κ3) is 6.67. The number of sulfone groups is 1. The molecule has 186 valence electrons. The molecule has 35 heavy (non-hydrogen) atoms. The molecule has 0 aliphatic carbocycles. The first-order chi connectivity index (χ1) is 16.9. The van der Waals surface area contributed by atoms with Gasteiger partial charge in [0.05, 0.1) is 35.6 Å². The SMILES string of the molecule is CCOC(=O)CCS(=O)(=O)c1cccc(COc2ccc(-c3ccn(C4CCCCO4)n3)nc2)c1. The maximum absolute atomic E-state index is 12.6. The minimum atomic E-state index is -3.61. The summed E-state index contributed by atoms with van der Waals surface area (Å²) in [5.41, 5.74) is 2.17. The number of nitrogens with zero attached hydrogens (tertiary/aromatic N) is 3. The van der Waals surface area contributed by atoms with Gasteiger partial charge in [0.15, 0.2) is 9.84 Å². The molecule has 1 saturated heterocycles. The van der Waals surface area contributed by atoms with Crippen LogP contribution in [0.1, 0.15) is 44.4 Å². The zero-order valence-electron chi connectivity index (χ0n) is 19.6. The van der Waals surface area contributed by atoms with Gasteiger partial charge in [-0.3, -0.25) is 9.78 Å². The molecule has 3 heterocycles. The highest BCUT2D eigenvalue weighted by Crippen LogP contribution is 2.24. The number of hydrogen-bond donors (Lipinski definition) is 0. The van der Waals surface area contributed by atoms with Crippen molar-refractivity contribution in [3.05, 3.63) is 60.4 Å². The minimum absolute atomic E-state index is 0.0233. The maximum atomic E-state index is 12.6. The largest absolute Gasteiger partial charge is 0.487 e. The van der Waals surface area contributed by atoms with Crippen molar-refractivity contribution in [3.8, 4) is 17.1 Å². The van der Waals surface area contributed by atoms with E-state index in [1.54, 1.807) is 37.4 Å². The van der Waals surface area contributed by atoms with Crippen molar-refractivity contribution in [2.24, 2.45) is 0 Å². The summed E-state index contributed by atoms with van der Waals surface area (Å²) in [5.74, 6) is -0.274. The van der Waals surface area contributed by atoms with E-state index in [1.165, 1.54) is 6.07 Å². The van der Waals surface area contributed by atoms with Crippen LogP contribution in [0, 0.1) is 0 Å². The molecule has 10 heteroatoms. The molecule has 1 aliphatic heterocycles. The Balaban J connectivity index is 1.35. The molecule has 1 atom stereocenters. The highest BCUT2D eigenvalue weighted by molar-refractivity contribution is 7.91. The lowest BCUT2D eigenvalue weighted by Gasteiger charge is -2.22. The molecule has 1 fully saturated rings. The third-order valence-electron chi connectivity index (χ3n) is 5.60. The number of esters is 1. The van der Waals surface area contributed by atoms with E-state index in [2.05, 4.69) is 10.1 Å². The first kappa shape index (κ1) is 24.9. The van der Waals surface area contributed by atoms with Crippen molar-refractivity contribution in [1.82, 2.24) is 14.8 Å². The molecule has 0 bridgehead atoms. The number of rotatable bonds is 10. The Morgan fingerprint density at radius 1 is 1.17 bits per heavy atom. The lowest BCUT2D eigenvalue weighted by Crippen LogP contribution is -2.18. The second-order valence-corrected chi connectivity index (χ2v) is 10.3. The van der Waals surface area contributed by atoms with Crippen molar-refractivity contribution in [2.75, 3.05) is 19.0 Å². The van der Waals surface area contributed by atoms with E-state index in [1.807, 2.05) is 23.0 Å². The van der Waals surface area contributed by atoms with E-state index >= 15 is 0 Å². The molecule has 4 rings (SSSR count). The molecular formula is C25H29N3O6S. The van der Waals surface area contributed by atoms with Crippen LogP contribution in [0.2, 0.25) is 0 Å². The van der Waals surface area contributed by atoms with Crippen molar-refractivity contribution in [1.29, 1.82) is 0 Å². The summed E-state index contributed by atoms with van der Waals surface area (Å²) in [4.78, 5) is 16.1. The molecule has 1 unspecified atom stereocenters. The van der Waals surface area contributed by atoms with Crippen LogP contribution >= 0.6 is 0 Å². The Bertz CT molecular complexity index is 1230. The van der Waals surface area contributed by atoms with Gasteiger partial charge < -0.3 is 14.2 Å². The predicted octanol–water partition coefficient (Wildman–Crippen LogP) is 3.95. The molecular weight excluding hydrogens is 470 g/mol. The zero-order chi connectivity index (χ0) is 24.7. The summed E-state index contributed by atoms with van der Waals surface area (Å²) in [6.45, 7) is 2.84. The number of hydrogen-bond acceptors (Lipinski definition) is 8. The van der Waals surface area contributed by atoms with Crippen molar-refractivity contribution in [3.63, 3.8) is 0 Å². The summed E-state index contributed by atoms with van der Waals surface area (Å²) in [6.07, 6.45) is 6.49. The zero-order valence-corrected chi connectivity index (χ0v) is 20.4. The van der Waals surface area contributed by atoms with Crippen LogP contribution in [0.3, 0.4) is 0 Å². The van der Waals surface area contributed by atoms with Crippen LogP contribution in [0.15, 0.2) is 59.8 Å². The molecule has 9 nitrogen and oxygen atoms in total. The normalized spacial score (nSPS) is 16.1. The Morgan fingerprint density at radius 3 is 2.80 bits per heavy atom. The Morgan fingerprint density at radius 2 is 2.06 bits per heavy atom. The molecule has 1 aromatic carbocycles. The second kappa shape index (κ2) is 11.5. The summed E-state index contributed by atoms with van der Waals surface area (Å²) < 4.78 is 43.4. The quantitative estimate of drug-likeness (QED) is 0.386. The highest BCUT2D eigenvalue weighted by atomic mass is 32.2. The van der Waals surface area contributed by atoms with Gasteiger partial charge in [-0.1, -0.05) is 12.1 Å². The molecule has 1 aliphatic rings. The van der Waals surface area contributed by atoms with Crippen LogP contribution in [-0.2, 0) is 30.7 Å². The van der Waals surface area contributed by atoms with Crippen molar-refractivity contribution in [2.45, 2.75) is 50.3 Å². The van der Waals surface area contributed by atoms with Crippen LogP contribution in [0.5, 0.6) is 5.75 Å². The number of aromatic nitrogens is 3. The van der Waals surface area contributed by atoms with Crippen LogP contribution in [0.4, 0.5) is 0 Å². The Kier molecular flexibility index (Phi) is 8.14. The van der Waals surface area contributed by atoms with Gasteiger partial charge in [0.2, 0.25) is 0 Å². The monoisotopic (exact) mass is 499 g/mol. The van der Waals surface area contributed by atoms with Gasteiger partial charge >= 0.3 is 5.97 Å². The van der Waals surface area contributed by atoms with Crippen LogP contribution in [-0.4, -0.2) is 48.1 Å². The van der Waals surface area contributed by atoms with Gasteiger partial charge in [-0.2, -0.15) is 5.10 Å². The third-order valence-corrected chi connectivity index (χ3v) is 7.31. The minimum Gasteiger partial charge on any atom is -0.487 e. The second-order valence-electron chi connectivity index (χ2n) is 8.19. The molecule has 3 aromatic rings. The molecule has 0 radical (unpaired) electrons. The van der Waals surface area contributed by atoms with Gasteiger partial charge in [-0.05, 0) is 62.1 Å². The topological polar surface area (TPSA) is 110 Å². The van der Waals surface area contributed by atoms with Gasteiger partial charge in [0.1, 0.15) is 24.3 Å². The average molecular weight is 500 g/mol. The lowest BCUT2D eigenvalue weighted by molar-refractivity contribution is -0.142. The highest BCUT2D eigenvalue weighted by Gasteiger charge is 2.18. The molecule has 0 saturated carbocycles. The maximum Gasteiger partial charge on any atom is 0.306 e. The van der Waals surface area contributed by atoms with Crippen LogP contribution in [0.25, 0.3) is 11.4 Å². The molecule has 0 spiro atoms. The fraction of sp³-hybridized carbons (Fsp3) is 0.400. The van der Waals surface area contributed by atoms with Gasteiger partial charge in [-0.15, -0.1) is 0 Å². The standard InChI is InChI=1S/C25H29N3O6S/c1-2-32-25(29)12-15-35(30,31)21-7-5-6-19(16-21)18-34-20-9-10-22(26-17-20)23-11-13-28(27-23)24-8-3-4-14-33-24/h5-7,9-11,13,16-17,24H,2-4,8,12,14-15,18H2,1H3. The average Bonchev–Trinajstić information content (AvgIpc) is 3.38. The number of benzene rings is 1. The van der Waals surface area contributed by atoms with Crippen molar-refractivity contribution < 1.29 is 27.4 Å². The van der Waals surface area contributed by atoms with E-state index in [9.17, 15) is 13.2 Å². The number of carbonyl (C=O) groups excluding carboxylic acids is 1. The predicted molar refractivity (Wildman–Crippen MR) is 128 cm³/mol. The number of ether oxygens (including phenoxy) is 3. The fourth-order valence-electron chi connectivity index (χ4n) is 3.75. The Hall–Kier alpha value is -3.24. The lowest BCUT2D eigenvalue weighted by atomic mass is 10.2. The Labute approximate surface area is 205 Å². The van der Waals surface area contributed by atoms with Gasteiger partial charge in [0, 0.05) is 12.8 Å². The van der Waals surface area contributed by atoms with Crippen molar-refractivity contribution >= 4 is 15.8 Å². The summed E-state index contributed by atoms with van der Waals surface area (Å²) in [6, 6.07) is 12.1. The number of pyridine rings is 1. The molecule has 0 amide bonds. The van der Waals surface area contributed by atoms with Gasteiger partial charge in [0.25, 0.3) is 0 Å². The van der Waals surface area contributed by atoms with E-state index in [-0.39, 0.29) is 36.5 Å². The van der Waals surface area contributed by atoms with E-state index < -0.39 is 15.8 Å². The summed E-state index contributed by atoms with van der Waals surface area (Å²) >= 11 is 0. The smallest absolute Gasteiger partial charge is 0.306 e. The summed E-state index contributed by atoms with van der Waals surface area (Å²) in [5, 5.41) is 4.60. The number of carbonyl (C=O) groups is 1. The fourth-order valence-corrected chi connectivity index (χ4v) is 5.04. The molecule has 2 aromatic heterocycles. The van der Waals surface area contributed by atoms with Crippen LogP contribution < -0.4 is 4.74 Å². The molecule has 0 N–H and O–H groups in total. The summed E-state index contributed by atoms with van der Waals surface area (Å²) in [7, 11) is -3.61.